The molecule has 0 atom stereocenters. The normalized spacial score (nSPS) is 9.83. The van der Waals surface area contributed by atoms with Crippen LogP contribution in [0.2, 0.25) is 0 Å². The van der Waals surface area contributed by atoms with Gasteiger partial charge in [0.15, 0.2) is 6.20 Å². The molecule has 0 radical (unpaired) electrons. The number of nitro groups is 1. The molecule has 0 aliphatic heterocycles. The molecule has 0 saturated heterocycles. The van der Waals surface area contributed by atoms with Crippen molar-refractivity contribution < 1.29 is 10.0 Å². The highest BCUT2D eigenvalue weighted by Crippen LogP contribution is 2.19. The van der Waals surface area contributed by atoms with Gasteiger partial charge in [-0.2, -0.15) is 0 Å². The largest absolute Gasteiger partial charge is 0.392 e. The first-order valence-electron chi connectivity index (χ1n) is 3.05. The zero-order valence-electron chi connectivity index (χ0n) is 5.90. The van der Waals surface area contributed by atoms with E-state index in [0.717, 1.165) is 0 Å². The third-order valence-electron chi connectivity index (χ3n) is 1.28. The number of hydrogen-bond donors (Lipinski definition) is 1. The van der Waals surface area contributed by atoms with E-state index in [4.69, 9.17) is 5.11 Å². The van der Waals surface area contributed by atoms with Crippen molar-refractivity contribution in [1.82, 2.24) is 4.98 Å². The van der Waals surface area contributed by atoms with Gasteiger partial charge in [0.2, 0.25) is 0 Å². The van der Waals surface area contributed by atoms with E-state index in [1.165, 1.54) is 12.3 Å². The van der Waals surface area contributed by atoms with Crippen LogP contribution in [0.3, 0.4) is 0 Å². The Labute approximate surface area is 76.3 Å². The van der Waals surface area contributed by atoms with E-state index in [0.29, 0.717) is 10.0 Å². The number of aliphatic hydroxyl groups is 1. The highest BCUT2D eigenvalue weighted by atomic mass is 79.9. The topological polar surface area (TPSA) is 76.3 Å². The molecule has 0 spiro atoms. The van der Waals surface area contributed by atoms with Crippen LogP contribution in [0.25, 0.3) is 0 Å². The molecule has 0 bridgehead atoms. The first-order valence-corrected chi connectivity index (χ1v) is 3.84. The van der Waals surface area contributed by atoms with Gasteiger partial charge in [0, 0.05) is 11.6 Å². The monoisotopic (exact) mass is 232 g/mol. The maximum atomic E-state index is 10.2. The first-order chi connectivity index (χ1) is 5.65. The van der Waals surface area contributed by atoms with E-state index >= 15 is 0 Å². The zero-order valence-corrected chi connectivity index (χ0v) is 7.48. The summed E-state index contributed by atoms with van der Waals surface area (Å²) in [5.41, 5.74) is 0.455. The van der Waals surface area contributed by atoms with Crippen molar-refractivity contribution in [1.29, 1.82) is 0 Å². The highest BCUT2D eigenvalue weighted by Gasteiger charge is 2.10. The summed E-state index contributed by atoms with van der Waals surface area (Å²) in [6.45, 7) is -0.246. The van der Waals surface area contributed by atoms with Crippen LogP contribution in [0.1, 0.15) is 5.56 Å². The lowest BCUT2D eigenvalue weighted by Crippen LogP contribution is -1.94. The van der Waals surface area contributed by atoms with Gasteiger partial charge in [-0.1, -0.05) is 0 Å². The number of aliphatic hydroxyl groups excluding tert-OH is 1. The molecule has 1 aromatic rings. The molecule has 0 amide bonds. The number of pyridine rings is 1. The Hall–Kier alpha value is -1.01. The summed E-state index contributed by atoms with van der Waals surface area (Å²) in [7, 11) is 0. The molecular formula is C6H5BrN2O3. The molecular weight excluding hydrogens is 228 g/mol. The predicted octanol–water partition coefficient (Wildman–Crippen LogP) is 1.24. The molecule has 12 heavy (non-hydrogen) atoms. The van der Waals surface area contributed by atoms with Crippen molar-refractivity contribution in [3.05, 3.63) is 32.4 Å². The first kappa shape index (κ1) is 9.08. The molecule has 0 aromatic carbocycles. The number of aromatic nitrogens is 1. The molecule has 6 heteroatoms. The summed E-state index contributed by atoms with van der Waals surface area (Å²) < 4.78 is 0.565. The molecule has 64 valence electrons. The Morgan fingerprint density at radius 3 is 2.92 bits per heavy atom. The lowest BCUT2D eigenvalue weighted by Gasteiger charge is -1.97. The second-order valence-corrected chi connectivity index (χ2v) is 2.90. The van der Waals surface area contributed by atoms with Gasteiger partial charge in [-0.05, 0) is 25.8 Å². The van der Waals surface area contributed by atoms with Crippen LogP contribution in [-0.4, -0.2) is 15.0 Å². The van der Waals surface area contributed by atoms with Crippen LogP contribution >= 0.6 is 15.9 Å². The third kappa shape index (κ3) is 1.77. The van der Waals surface area contributed by atoms with E-state index in [1.807, 2.05) is 0 Å². The number of halogens is 1. The molecule has 0 aliphatic carbocycles. The van der Waals surface area contributed by atoms with Crippen LogP contribution in [0, 0.1) is 10.1 Å². The summed E-state index contributed by atoms with van der Waals surface area (Å²) in [6, 6.07) is 1.23. The minimum Gasteiger partial charge on any atom is -0.392 e. The summed E-state index contributed by atoms with van der Waals surface area (Å²) in [4.78, 5) is 13.2. The van der Waals surface area contributed by atoms with Crippen molar-refractivity contribution in [2.75, 3.05) is 0 Å². The SMILES string of the molecule is O=[N+]([O-])c1cc(CO)c(Br)cn1. The molecule has 0 unspecified atom stereocenters. The van der Waals surface area contributed by atoms with Crippen LogP contribution in [-0.2, 0) is 6.61 Å². The van der Waals surface area contributed by atoms with Crippen molar-refractivity contribution in [2.24, 2.45) is 0 Å². The molecule has 5 nitrogen and oxygen atoms in total. The number of hydrogen-bond acceptors (Lipinski definition) is 4. The lowest BCUT2D eigenvalue weighted by atomic mass is 10.3. The van der Waals surface area contributed by atoms with E-state index in [2.05, 4.69) is 20.9 Å². The fourth-order valence-electron chi connectivity index (χ4n) is 0.689. The Morgan fingerprint density at radius 1 is 1.75 bits per heavy atom. The van der Waals surface area contributed by atoms with Gasteiger partial charge >= 0.3 is 5.82 Å². The summed E-state index contributed by atoms with van der Waals surface area (Å²) in [5, 5.41) is 19.0. The second-order valence-electron chi connectivity index (χ2n) is 2.05. The van der Waals surface area contributed by atoms with Gasteiger partial charge in [0.1, 0.15) is 0 Å². The number of nitrogens with zero attached hydrogens (tertiary/aromatic N) is 2. The predicted molar refractivity (Wildman–Crippen MR) is 44.5 cm³/mol. The fourth-order valence-corrected chi connectivity index (χ4v) is 1.03. The average Bonchev–Trinajstić information content (AvgIpc) is 2.05. The summed E-state index contributed by atoms with van der Waals surface area (Å²) in [6.07, 6.45) is 1.30. The molecule has 1 rings (SSSR count). The van der Waals surface area contributed by atoms with Gasteiger partial charge < -0.3 is 15.2 Å². The minimum absolute atomic E-state index is 0.246. The number of rotatable bonds is 2. The maximum Gasteiger partial charge on any atom is 0.363 e. The zero-order chi connectivity index (χ0) is 9.14. The van der Waals surface area contributed by atoms with Gasteiger partial charge in [-0.15, -0.1) is 0 Å². The van der Waals surface area contributed by atoms with Gasteiger partial charge in [0.25, 0.3) is 0 Å². The van der Waals surface area contributed by atoms with E-state index in [1.54, 1.807) is 0 Å². The molecule has 0 aliphatic rings. The van der Waals surface area contributed by atoms with Gasteiger partial charge in [-0.25, -0.2) is 0 Å². The standard InChI is InChI=1S/C6H5BrN2O3/c7-5-2-8-6(9(11)12)1-4(5)3-10/h1-2,10H,3H2. The van der Waals surface area contributed by atoms with E-state index in [-0.39, 0.29) is 12.4 Å². The Morgan fingerprint density at radius 2 is 2.42 bits per heavy atom. The Bertz CT molecular complexity index is 316. The average molecular weight is 233 g/mol. The van der Waals surface area contributed by atoms with Crippen molar-refractivity contribution in [2.45, 2.75) is 6.61 Å². The molecule has 1 N–H and O–H groups in total. The van der Waals surface area contributed by atoms with Gasteiger partial charge in [-0.3, -0.25) is 0 Å². The maximum absolute atomic E-state index is 10.2. The molecule has 1 heterocycles. The van der Waals surface area contributed by atoms with Crippen molar-refractivity contribution in [3.8, 4) is 0 Å². The quantitative estimate of drug-likeness (QED) is 0.615. The second kappa shape index (κ2) is 3.59. The highest BCUT2D eigenvalue weighted by molar-refractivity contribution is 9.10. The molecule has 1 aromatic heterocycles. The van der Waals surface area contributed by atoms with Crippen LogP contribution in [0.15, 0.2) is 16.7 Å². The minimum atomic E-state index is -0.606. The van der Waals surface area contributed by atoms with Crippen LogP contribution in [0.5, 0.6) is 0 Å². The van der Waals surface area contributed by atoms with Crippen molar-refractivity contribution >= 4 is 21.7 Å². The summed E-state index contributed by atoms with van der Waals surface area (Å²) >= 11 is 3.09. The fraction of sp³-hybridized carbons (Fsp3) is 0.167. The third-order valence-corrected chi connectivity index (χ3v) is 1.99. The smallest absolute Gasteiger partial charge is 0.363 e. The van der Waals surface area contributed by atoms with Crippen molar-refractivity contribution in [3.63, 3.8) is 0 Å². The molecule has 0 fully saturated rings. The van der Waals surface area contributed by atoms with Crippen LogP contribution in [0.4, 0.5) is 5.82 Å². The van der Waals surface area contributed by atoms with Crippen LogP contribution < -0.4 is 0 Å². The molecule has 0 saturated carbocycles. The summed E-state index contributed by atoms with van der Waals surface area (Å²) in [5.74, 6) is -0.262. The van der Waals surface area contributed by atoms with E-state index in [9.17, 15) is 10.1 Å². The van der Waals surface area contributed by atoms with E-state index < -0.39 is 4.92 Å². The Balaban J connectivity index is 3.13. The lowest BCUT2D eigenvalue weighted by molar-refractivity contribution is -0.389. The Kier molecular flexibility index (Phi) is 2.72. The van der Waals surface area contributed by atoms with Gasteiger partial charge in [0.05, 0.1) is 11.1 Å².